The van der Waals surface area contributed by atoms with E-state index in [1.165, 1.54) is 17.0 Å². The summed E-state index contributed by atoms with van der Waals surface area (Å²) in [6, 6.07) is 13.9. The number of rotatable bonds is 5. The Kier molecular flexibility index (Phi) is 4.84. The molecule has 2 heterocycles. The van der Waals surface area contributed by atoms with Gasteiger partial charge in [0.15, 0.2) is 0 Å². The van der Waals surface area contributed by atoms with E-state index >= 15 is 0 Å². The highest BCUT2D eigenvalue weighted by Gasteiger charge is 2.10. The van der Waals surface area contributed by atoms with Crippen LogP contribution < -0.4 is 15.6 Å². The molecule has 3 rings (SSSR count). The minimum absolute atomic E-state index is 0.144. The highest BCUT2D eigenvalue weighted by atomic mass is 16.5. The minimum Gasteiger partial charge on any atom is -0.496 e. The van der Waals surface area contributed by atoms with Gasteiger partial charge in [0.05, 0.1) is 19.1 Å². The van der Waals surface area contributed by atoms with Crippen LogP contribution in [0.5, 0.6) is 5.75 Å². The molecular weight excluding hydrogens is 320 g/mol. The van der Waals surface area contributed by atoms with Crippen LogP contribution in [-0.2, 0) is 11.3 Å². The first-order valence-corrected chi connectivity index (χ1v) is 7.58. The molecule has 7 nitrogen and oxygen atoms in total. The van der Waals surface area contributed by atoms with Crippen molar-refractivity contribution in [2.24, 2.45) is 0 Å². The predicted molar refractivity (Wildman–Crippen MR) is 93.4 cm³/mol. The van der Waals surface area contributed by atoms with Crippen LogP contribution in [0, 0.1) is 0 Å². The highest BCUT2D eigenvalue weighted by Crippen LogP contribution is 2.26. The van der Waals surface area contributed by atoms with Crippen LogP contribution in [-0.4, -0.2) is 27.6 Å². The molecule has 0 aliphatic rings. The molecule has 0 spiro atoms. The Bertz CT molecular complexity index is 938. The zero-order valence-electron chi connectivity index (χ0n) is 13.5. The molecule has 0 saturated heterocycles. The van der Waals surface area contributed by atoms with Crippen LogP contribution in [0.2, 0.25) is 0 Å². The number of hydrogen-bond acceptors (Lipinski definition) is 5. The Morgan fingerprint density at radius 3 is 2.68 bits per heavy atom. The summed E-state index contributed by atoms with van der Waals surface area (Å²) >= 11 is 0. The molecule has 1 N–H and O–H groups in total. The average molecular weight is 336 g/mol. The number of carbonyl (C=O) groups is 1. The molecule has 0 aliphatic heterocycles. The van der Waals surface area contributed by atoms with Gasteiger partial charge in [-0.25, -0.2) is 9.97 Å². The smallest absolute Gasteiger partial charge is 0.254 e. The molecule has 3 aromatic rings. The maximum atomic E-state index is 12.3. The van der Waals surface area contributed by atoms with Crippen molar-refractivity contribution in [1.29, 1.82) is 0 Å². The average Bonchev–Trinajstić information content (AvgIpc) is 2.64. The van der Waals surface area contributed by atoms with E-state index in [1.54, 1.807) is 37.6 Å². The van der Waals surface area contributed by atoms with E-state index < -0.39 is 0 Å². The molecule has 1 amide bonds. The summed E-state index contributed by atoms with van der Waals surface area (Å²) in [5.74, 6) is 0.701. The number of nitrogens with zero attached hydrogens (tertiary/aromatic N) is 3. The van der Waals surface area contributed by atoms with Crippen molar-refractivity contribution in [3.8, 4) is 17.0 Å². The third kappa shape index (κ3) is 3.89. The lowest BCUT2D eigenvalue weighted by atomic mass is 10.1. The van der Waals surface area contributed by atoms with Gasteiger partial charge in [0.2, 0.25) is 5.91 Å². The van der Waals surface area contributed by atoms with Gasteiger partial charge in [-0.3, -0.25) is 14.2 Å². The van der Waals surface area contributed by atoms with Crippen molar-refractivity contribution in [2.75, 3.05) is 12.4 Å². The van der Waals surface area contributed by atoms with Gasteiger partial charge in [-0.05, 0) is 24.3 Å². The van der Waals surface area contributed by atoms with E-state index in [4.69, 9.17) is 4.74 Å². The Balaban J connectivity index is 1.78. The maximum absolute atomic E-state index is 12.3. The van der Waals surface area contributed by atoms with Gasteiger partial charge in [0, 0.05) is 17.8 Å². The Hall–Kier alpha value is -3.48. The molecule has 0 unspecified atom stereocenters. The van der Waals surface area contributed by atoms with Crippen LogP contribution >= 0.6 is 0 Å². The summed E-state index contributed by atoms with van der Waals surface area (Å²) in [6.07, 6.45) is 2.92. The van der Waals surface area contributed by atoms with E-state index in [0.29, 0.717) is 22.8 Å². The van der Waals surface area contributed by atoms with Crippen molar-refractivity contribution < 1.29 is 9.53 Å². The van der Waals surface area contributed by atoms with Crippen LogP contribution in [0.4, 0.5) is 5.82 Å². The second kappa shape index (κ2) is 7.39. The van der Waals surface area contributed by atoms with Crippen LogP contribution in [0.15, 0.2) is 65.8 Å². The van der Waals surface area contributed by atoms with Crippen LogP contribution in [0.25, 0.3) is 11.3 Å². The number of aromatic nitrogens is 3. The third-order valence-corrected chi connectivity index (χ3v) is 3.51. The van der Waals surface area contributed by atoms with E-state index in [1.807, 2.05) is 18.2 Å². The van der Waals surface area contributed by atoms with Gasteiger partial charge in [0.1, 0.15) is 18.1 Å². The topological polar surface area (TPSA) is 86.1 Å². The van der Waals surface area contributed by atoms with E-state index in [-0.39, 0.29) is 18.0 Å². The first-order chi connectivity index (χ1) is 12.2. The van der Waals surface area contributed by atoms with Gasteiger partial charge in [-0.1, -0.05) is 18.2 Å². The first-order valence-electron chi connectivity index (χ1n) is 7.58. The number of pyridine rings is 1. The van der Waals surface area contributed by atoms with Gasteiger partial charge in [0.25, 0.3) is 5.56 Å². The number of hydrogen-bond donors (Lipinski definition) is 1. The van der Waals surface area contributed by atoms with Gasteiger partial charge in [-0.2, -0.15) is 0 Å². The van der Waals surface area contributed by atoms with Crippen LogP contribution in [0.3, 0.4) is 0 Å². The number of methoxy groups -OCH3 is 1. The van der Waals surface area contributed by atoms with Crippen molar-refractivity contribution in [1.82, 2.24) is 14.5 Å². The molecular formula is C18H16N4O3. The maximum Gasteiger partial charge on any atom is 0.254 e. The monoisotopic (exact) mass is 336 g/mol. The molecule has 7 heteroatoms. The molecule has 0 atom stereocenters. The first kappa shape index (κ1) is 16.4. The lowest BCUT2D eigenvalue weighted by Gasteiger charge is -2.09. The predicted octanol–water partition coefficient (Wildman–Crippen LogP) is 1.95. The SMILES string of the molecule is COc1ccccc1-c1cc(=O)n(CC(=O)Nc2ccccn2)cn1. The Morgan fingerprint density at radius 1 is 1.16 bits per heavy atom. The number of benzene rings is 1. The zero-order valence-corrected chi connectivity index (χ0v) is 13.5. The molecule has 0 bridgehead atoms. The van der Waals surface area contributed by atoms with Gasteiger partial charge in [-0.15, -0.1) is 0 Å². The largest absolute Gasteiger partial charge is 0.496 e. The Morgan fingerprint density at radius 2 is 1.96 bits per heavy atom. The number of nitrogens with one attached hydrogen (secondary N) is 1. The van der Waals surface area contributed by atoms with Crippen molar-refractivity contribution in [3.63, 3.8) is 0 Å². The lowest BCUT2D eigenvalue weighted by Crippen LogP contribution is -2.27. The van der Waals surface area contributed by atoms with E-state index in [0.717, 1.165) is 0 Å². The van der Waals surface area contributed by atoms with E-state index in [2.05, 4.69) is 15.3 Å². The molecule has 0 saturated carbocycles. The summed E-state index contributed by atoms with van der Waals surface area (Å²) in [5.41, 5.74) is 0.878. The van der Waals surface area contributed by atoms with Gasteiger partial charge < -0.3 is 10.1 Å². The van der Waals surface area contributed by atoms with Gasteiger partial charge >= 0.3 is 0 Å². The molecule has 0 aliphatic carbocycles. The summed E-state index contributed by atoms with van der Waals surface area (Å²) in [4.78, 5) is 32.6. The second-order valence-corrected chi connectivity index (χ2v) is 5.20. The lowest BCUT2D eigenvalue weighted by molar-refractivity contribution is -0.116. The molecule has 126 valence electrons. The van der Waals surface area contributed by atoms with E-state index in [9.17, 15) is 9.59 Å². The third-order valence-electron chi connectivity index (χ3n) is 3.51. The normalized spacial score (nSPS) is 10.3. The molecule has 0 radical (unpaired) electrons. The minimum atomic E-state index is -0.354. The summed E-state index contributed by atoms with van der Waals surface area (Å²) < 4.78 is 6.51. The number of carbonyl (C=O) groups excluding carboxylic acids is 1. The number of ether oxygens (including phenoxy) is 1. The fraction of sp³-hybridized carbons (Fsp3) is 0.111. The van der Waals surface area contributed by atoms with Crippen molar-refractivity contribution >= 4 is 11.7 Å². The summed E-state index contributed by atoms with van der Waals surface area (Å²) in [5, 5.41) is 2.62. The van der Waals surface area contributed by atoms with Crippen molar-refractivity contribution in [2.45, 2.75) is 6.54 Å². The highest BCUT2D eigenvalue weighted by molar-refractivity contribution is 5.89. The summed E-state index contributed by atoms with van der Waals surface area (Å²) in [7, 11) is 1.56. The molecule has 1 aromatic carbocycles. The van der Waals surface area contributed by atoms with Crippen LogP contribution in [0.1, 0.15) is 0 Å². The zero-order chi connectivity index (χ0) is 17.6. The standard InChI is InChI=1S/C18H16N4O3/c1-25-15-7-3-2-6-13(15)14-10-18(24)22(12-20-14)11-17(23)21-16-8-4-5-9-19-16/h2-10,12H,11H2,1H3,(H,19,21,23). The fourth-order valence-electron chi connectivity index (χ4n) is 2.32. The fourth-order valence-corrected chi connectivity index (χ4v) is 2.32. The quantitative estimate of drug-likeness (QED) is 0.770. The molecule has 25 heavy (non-hydrogen) atoms. The Labute approximate surface area is 143 Å². The second-order valence-electron chi connectivity index (χ2n) is 5.20. The van der Waals surface area contributed by atoms with Crippen molar-refractivity contribution in [3.05, 3.63) is 71.4 Å². The molecule has 0 fully saturated rings. The molecule has 2 aromatic heterocycles. The summed E-state index contributed by atoms with van der Waals surface area (Å²) in [6.45, 7) is -0.144. The number of amides is 1. The number of para-hydroxylation sites is 1. The number of anilines is 1.